The lowest BCUT2D eigenvalue weighted by molar-refractivity contribution is -0.00154. The maximum absolute atomic E-state index is 14.2. The molecule has 0 nitrogen and oxygen atoms in total. The van der Waals surface area contributed by atoms with Crippen LogP contribution in [0.25, 0.3) is 0 Å². The van der Waals surface area contributed by atoms with Crippen molar-refractivity contribution in [2.45, 2.75) is 103 Å². The van der Waals surface area contributed by atoms with E-state index in [9.17, 15) is 8.78 Å². The Morgan fingerprint density at radius 2 is 0.846 bits per heavy atom. The molecular weight excluding hydrogens is 326 g/mol. The van der Waals surface area contributed by atoms with Gasteiger partial charge in [0.25, 0.3) is 0 Å². The predicted molar refractivity (Wildman–Crippen MR) is 104 cm³/mol. The van der Waals surface area contributed by atoms with E-state index in [1.165, 1.54) is 64.2 Å². The molecule has 150 valence electrons. The average molecular weight is 367 g/mol. The van der Waals surface area contributed by atoms with Crippen molar-refractivity contribution in [1.82, 2.24) is 0 Å². The molecule has 6 unspecified atom stereocenters. The summed E-state index contributed by atoms with van der Waals surface area (Å²) in [6.45, 7) is 4.18. The molecule has 0 spiro atoms. The largest absolute Gasteiger partial charge is 0.247 e. The fourth-order valence-electron chi connectivity index (χ4n) is 7.29. The van der Waals surface area contributed by atoms with Crippen LogP contribution in [-0.2, 0) is 0 Å². The zero-order valence-corrected chi connectivity index (χ0v) is 17.0. The monoisotopic (exact) mass is 366 g/mol. The third kappa shape index (κ3) is 4.00. The van der Waals surface area contributed by atoms with E-state index in [1.54, 1.807) is 6.92 Å². The summed E-state index contributed by atoms with van der Waals surface area (Å²) in [5.74, 6) is 5.27. The Kier molecular flexibility index (Phi) is 5.96. The van der Waals surface area contributed by atoms with Gasteiger partial charge in [-0.2, -0.15) is 0 Å². The Hall–Kier alpha value is -0.140. The van der Waals surface area contributed by atoms with Crippen LogP contribution in [0.15, 0.2) is 0 Å². The summed E-state index contributed by atoms with van der Waals surface area (Å²) in [5.41, 5.74) is 0. The Morgan fingerprint density at radius 3 is 1.35 bits per heavy atom. The quantitative estimate of drug-likeness (QED) is 0.478. The third-order valence-electron chi connectivity index (χ3n) is 9.28. The van der Waals surface area contributed by atoms with Gasteiger partial charge < -0.3 is 0 Å². The normalized spacial score (nSPS) is 53.1. The molecule has 4 aliphatic rings. The predicted octanol–water partition coefficient (Wildman–Crippen LogP) is 7.37. The zero-order chi connectivity index (χ0) is 18.3. The highest BCUT2D eigenvalue weighted by Crippen LogP contribution is 2.52. The smallest absolute Gasteiger partial charge is 0.106 e. The van der Waals surface area contributed by atoms with Gasteiger partial charge in [0.1, 0.15) is 12.3 Å². The van der Waals surface area contributed by atoms with E-state index < -0.39 is 12.3 Å². The zero-order valence-electron chi connectivity index (χ0n) is 17.0. The van der Waals surface area contributed by atoms with Crippen molar-refractivity contribution < 1.29 is 8.78 Å². The molecule has 0 aromatic carbocycles. The molecule has 4 rings (SSSR count). The Bertz CT molecular complexity index is 443. The number of hydrogen-bond donors (Lipinski definition) is 0. The van der Waals surface area contributed by atoms with Gasteiger partial charge in [-0.15, -0.1) is 0 Å². The van der Waals surface area contributed by atoms with Gasteiger partial charge in [-0.3, -0.25) is 0 Å². The third-order valence-corrected chi connectivity index (χ3v) is 9.28. The van der Waals surface area contributed by atoms with Gasteiger partial charge in [-0.05, 0) is 106 Å². The number of rotatable bonds is 2. The SMILES string of the molecule is CC1CCC(C2CCC3CC(C4CC(F)C(C)C(F)C4)CCC3C2)CC1. The summed E-state index contributed by atoms with van der Waals surface area (Å²) < 4.78 is 28.4. The first-order valence-electron chi connectivity index (χ1n) is 11.8. The first-order valence-corrected chi connectivity index (χ1v) is 11.8. The van der Waals surface area contributed by atoms with E-state index in [0.29, 0.717) is 24.7 Å². The topological polar surface area (TPSA) is 0 Å². The molecule has 0 saturated heterocycles. The van der Waals surface area contributed by atoms with Crippen LogP contribution in [0, 0.1) is 47.3 Å². The van der Waals surface area contributed by atoms with Gasteiger partial charge in [-0.1, -0.05) is 26.7 Å². The average Bonchev–Trinajstić information content (AvgIpc) is 2.65. The highest BCUT2D eigenvalue weighted by atomic mass is 19.1. The molecule has 0 radical (unpaired) electrons. The molecular formula is C24H40F2. The minimum atomic E-state index is -0.911. The Labute approximate surface area is 159 Å². The van der Waals surface area contributed by atoms with Crippen molar-refractivity contribution in [3.05, 3.63) is 0 Å². The van der Waals surface area contributed by atoms with Crippen LogP contribution in [0.5, 0.6) is 0 Å². The van der Waals surface area contributed by atoms with E-state index in [1.807, 2.05) is 0 Å². The lowest BCUT2D eigenvalue weighted by Gasteiger charge is -2.47. The molecule has 0 aromatic rings. The summed E-state index contributed by atoms with van der Waals surface area (Å²) in [6.07, 6.45) is 13.5. The van der Waals surface area contributed by atoms with Crippen molar-refractivity contribution in [3.63, 3.8) is 0 Å². The van der Waals surface area contributed by atoms with Crippen molar-refractivity contribution in [2.24, 2.45) is 47.3 Å². The van der Waals surface area contributed by atoms with E-state index in [4.69, 9.17) is 0 Å². The minimum absolute atomic E-state index is 0.315. The first-order chi connectivity index (χ1) is 12.5. The van der Waals surface area contributed by atoms with Gasteiger partial charge >= 0.3 is 0 Å². The Balaban J connectivity index is 1.30. The van der Waals surface area contributed by atoms with Gasteiger partial charge in [0.15, 0.2) is 0 Å². The van der Waals surface area contributed by atoms with Gasteiger partial charge in [0, 0.05) is 5.92 Å². The number of alkyl halides is 2. The molecule has 0 heterocycles. The van der Waals surface area contributed by atoms with Crippen LogP contribution in [0.3, 0.4) is 0 Å². The van der Waals surface area contributed by atoms with E-state index >= 15 is 0 Å². The fourth-order valence-corrected chi connectivity index (χ4v) is 7.29. The number of halogens is 2. The summed E-state index contributed by atoms with van der Waals surface area (Å²) in [6, 6.07) is 0. The van der Waals surface area contributed by atoms with Crippen LogP contribution in [0.2, 0.25) is 0 Å². The van der Waals surface area contributed by atoms with Crippen molar-refractivity contribution in [2.75, 3.05) is 0 Å². The lowest BCUT2D eigenvalue weighted by Crippen LogP contribution is -2.40. The van der Waals surface area contributed by atoms with E-state index in [2.05, 4.69) is 6.92 Å². The summed E-state index contributed by atoms with van der Waals surface area (Å²) in [7, 11) is 0. The molecule has 0 N–H and O–H groups in total. The van der Waals surface area contributed by atoms with Crippen LogP contribution in [0.1, 0.15) is 90.9 Å². The van der Waals surface area contributed by atoms with E-state index in [0.717, 1.165) is 29.6 Å². The highest BCUT2D eigenvalue weighted by molar-refractivity contribution is 4.93. The summed E-state index contributed by atoms with van der Waals surface area (Å²) in [4.78, 5) is 0. The molecule has 6 atom stereocenters. The van der Waals surface area contributed by atoms with E-state index in [-0.39, 0.29) is 5.92 Å². The van der Waals surface area contributed by atoms with Crippen LogP contribution >= 0.6 is 0 Å². The second kappa shape index (κ2) is 8.08. The minimum Gasteiger partial charge on any atom is -0.247 e. The maximum Gasteiger partial charge on any atom is 0.106 e. The van der Waals surface area contributed by atoms with Crippen LogP contribution in [-0.4, -0.2) is 12.3 Å². The first kappa shape index (κ1) is 19.2. The fraction of sp³-hybridized carbons (Fsp3) is 1.00. The second-order valence-corrected chi connectivity index (χ2v) is 10.8. The van der Waals surface area contributed by atoms with Crippen molar-refractivity contribution in [3.8, 4) is 0 Å². The molecule has 26 heavy (non-hydrogen) atoms. The van der Waals surface area contributed by atoms with Gasteiger partial charge in [-0.25, -0.2) is 8.78 Å². The van der Waals surface area contributed by atoms with Gasteiger partial charge in [0.2, 0.25) is 0 Å². The van der Waals surface area contributed by atoms with Crippen LogP contribution < -0.4 is 0 Å². The maximum atomic E-state index is 14.2. The molecule has 0 bridgehead atoms. The molecule has 0 aromatic heterocycles. The molecule has 4 aliphatic carbocycles. The van der Waals surface area contributed by atoms with Crippen molar-refractivity contribution >= 4 is 0 Å². The lowest BCUT2D eigenvalue weighted by atomic mass is 9.58. The summed E-state index contributed by atoms with van der Waals surface area (Å²) in [5, 5.41) is 0. The molecule has 0 aliphatic heterocycles. The molecule has 4 fully saturated rings. The second-order valence-electron chi connectivity index (χ2n) is 10.8. The van der Waals surface area contributed by atoms with Gasteiger partial charge in [0.05, 0.1) is 0 Å². The molecule has 0 amide bonds. The molecule has 4 saturated carbocycles. The Morgan fingerprint density at radius 1 is 0.462 bits per heavy atom. The highest BCUT2D eigenvalue weighted by Gasteiger charge is 2.43. The summed E-state index contributed by atoms with van der Waals surface area (Å²) >= 11 is 0. The van der Waals surface area contributed by atoms with Crippen molar-refractivity contribution in [1.29, 1.82) is 0 Å². The molecule has 2 heteroatoms. The number of hydrogen-bond acceptors (Lipinski definition) is 0. The standard InChI is InChI=1S/C24H40F2/c1-15-3-5-17(6-4-15)18-7-8-20-12-21(10-9-19(20)11-18)22-13-23(25)16(2)24(26)14-22/h15-24H,3-14H2,1-2H3. The van der Waals surface area contributed by atoms with Crippen LogP contribution in [0.4, 0.5) is 8.78 Å². The number of fused-ring (bicyclic) bond motifs is 1.